The number of hydrogen-bond donors (Lipinski definition) is 1. The predicted octanol–water partition coefficient (Wildman–Crippen LogP) is 5.18. The Morgan fingerprint density at radius 2 is 1.88 bits per heavy atom. The zero-order chi connectivity index (χ0) is 17.4. The van der Waals surface area contributed by atoms with Crippen LogP contribution in [0, 0.1) is 12.7 Å². The van der Waals surface area contributed by atoms with Gasteiger partial charge in [0.1, 0.15) is 12.0 Å². The highest BCUT2D eigenvalue weighted by Gasteiger charge is 2.20. The van der Waals surface area contributed by atoms with Crippen LogP contribution in [0.3, 0.4) is 0 Å². The largest absolute Gasteiger partial charge is 0.293 e. The number of hydrogen-bond acceptors (Lipinski definition) is 4. The van der Waals surface area contributed by atoms with E-state index in [9.17, 15) is 4.39 Å². The van der Waals surface area contributed by atoms with Crippen LogP contribution in [0.1, 0.15) is 17.3 Å². The van der Waals surface area contributed by atoms with Gasteiger partial charge in [-0.1, -0.05) is 12.1 Å². The van der Waals surface area contributed by atoms with Gasteiger partial charge in [-0.2, -0.15) is 10.2 Å². The van der Waals surface area contributed by atoms with Crippen LogP contribution >= 0.6 is 0 Å². The molecule has 1 N–H and O–H groups in total. The van der Waals surface area contributed by atoms with Gasteiger partial charge in [-0.25, -0.2) is 4.39 Å². The fourth-order valence-electron chi connectivity index (χ4n) is 3.09. The summed E-state index contributed by atoms with van der Waals surface area (Å²) in [5.74, 6) is -0.209. The lowest BCUT2D eigenvalue weighted by Crippen LogP contribution is -2.11. The van der Waals surface area contributed by atoms with E-state index in [4.69, 9.17) is 0 Å². The number of halogens is 1. The second-order valence-corrected chi connectivity index (χ2v) is 6.04. The van der Waals surface area contributed by atoms with Crippen molar-refractivity contribution in [3.63, 3.8) is 0 Å². The second kappa shape index (κ2) is 6.18. The van der Waals surface area contributed by atoms with Gasteiger partial charge in [0, 0.05) is 22.9 Å². The van der Waals surface area contributed by atoms with Gasteiger partial charge in [0.25, 0.3) is 0 Å². The summed E-state index contributed by atoms with van der Waals surface area (Å²) in [4.78, 5) is 4.54. The molecule has 1 aliphatic rings. The van der Waals surface area contributed by atoms with E-state index < -0.39 is 0 Å². The molecule has 0 radical (unpaired) electrons. The minimum absolute atomic E-state index is 0.122. The van der Waals surface area contributed by atoms with Crippen molar-refractivity contribution >= 4 is 5.69 Å². The Kier molecular flexibility index (Phi) is 3.86. The van der Waals surface area contributed by atoms with Gasteiger partial charge in [-0.3, -0.25) is 10.3 Å². The lowest BCUT2D eigenvalue weighted by Gasteiger charge is -2.12. The molecule has 1 aromatic heterocycles. The maximum atomic E-state index is 13.6. The highest BCUT2D eigenvalue weighted by atomic mass is 19.1. The number of aryl methyl sites for hydroxylation is 1. The zero-order valence-electron chi connectivity index (χ0n) is 14.0. The van der Waals surface area contributed by atoms with Crippen molar-refractivity contribution in [2.75, 3.05) is 7.05 Å². The Hall–Kier alpha value is -2.92. The summed E-state index contributed by atoms with van der Waals surface area (Å²) in [5, 5.41) is 11.5. The van der Waals surface area contributed by atoms with Crippen LogP contribution in [-0.4, -0.2) is 12.0 Å². The second-order valence-electron chi connectivity index (χ2n) is 6.04. The van der Waals surface area contributed by atoms with Gasteiger partial charge in [-0.15, -0.1) is 0 Å². The van der Waals surface area contributed by atoms with Crippen molar-refractivity contribution < 1.29 is 4.39 Å². The SMILES string of the molecule is CNC1N=Nc2ccc(-c3cccnc3-c3ccc(F)c(C)c3)cc21. The molecule has 4 nitrogen and oxygen atoms in total. The van der Waals surface area contributed by atoms with Crippen molar-refractivity contribution in [3.8, 4) is 22.4 Å². The van der Waals surface area contributed by atoms with Crippen molar-refractivity contribution in [1.82, 2.24) is 10.3 Å². The van der Waals surface area contributed by atoms with Gasteiger partial charge in [-0.05, 0) is 61.5 Å². The molecule has 0 aliphatic carbocycles. The maximum absolute atomic E-state index is 13.6. The molecule has 1 atom stereocenters. The summed E-state index contributed by atoms with van der Waals surface area (Å²) >= 11 is 0. The number of rotatable bonds is 3. The van der Waals surface area contributed by atoms with Crippen LogP contribution in [0.15, 0.2) is 65.0 Å². The van der Waals surface area contributed by atoms with E-state index in [2.05, 4.69) is 26.6 Å². The Bertz CT molecular complexity index is 981. The molecule has 0 amide bonds. The molecule has 1 aliphatic heterocycles. The summed E-state index contributed by atoms with van der Waals surface area (Å²) in [5.41, 5.74) is 6.30. The fourth-order valence-corrected chi connectivity index (χ4v) is 3.09. The molecule has 3 aromatic rings. The zero-order valence-corrected chi connectivity index (χ0v) is 14.0. The molecular weight excluding hydrogens is 315 g/mol. The highest BCUT2D eigenvalue weighted by molar-refractivity contribution is 5.82. The molecule has 25 heavy (non-hydrogen) atoms. The first-order valence-corrected chi connectivity index (χ1v) is 8.11. The molecule has 0 bridgehead atoms. The Morgan fingerprint density at radius 3 is 2.68 bits per heavy atom. The summed E-state index contributed by atoms with van der Waals surface area (Å²) in [6.07, 6.45) is 1.63. The van der Waals surface area contributed by atoms with Crippen molar-refractivity contribution in [1.29, 1.82) is 0 Å². The molecule has 1 unspecified atom stereocenters. The molecule has 0 fully saturated rings. The number of nitrogens with one attached hydrogen (secondary N) is 1. The third kappa shape index (κ3) is 2.72. The van der Waals surface area contributed by atoms with Crippen LogP contribution in [0.5, 0.6) is 0 Å². The third-order valence-corrected chi connectivity index (χ3v) is 4.43. The number of azo groups is 1. The van der Waals surface area contributed by atoms with Crippen molar-refractivity contribution in [3.05, 3.63) is 71.7 Å². The Labute approximate surface area is 145 Å². The van der Waals surface area contributed by atoms with Gasteiger partial charge < -0.3 is 0 Å². The average Bonchev–Trinajstić information content (AvgIpc) is 3.06. The smallest absolute Gasteiger partial charge is 0.149 e. The van der Waals surface area contributed by atoms with E-state index in [0.717, 1.165) is 33.6 Å². The molecule has 2 heterocycles. The van der Waals surface area contributed by atoms with E-state index in [0.29, 0.717) is 5.56 Å². The standard InChI is InChI=1S/C20H17FN4/c1-12-10-14(5-7-17(12)21)19-15(4-3-9-23-19)13-6-8-18-16(11-13)20(22-2)25-24-18/h3-11,20,22H,1-2H3. The normalized spacial score (nSPS) is 15.4. The van der Waals surface area contributed by atoms with Crippen molar-refractivity contribution in [2.24, 2.45) is 10.2 Å². The maximum Gasteiger partial charge on any atom is 0.149 e. The van der Waals surface area contributed by atoms with Crippen LogP contribution < -0.4 is 5.32 Å². The Morgan fingerprint density at radius 1 is 1.04 bits per heavy atom. The molecule has 2 aromatic carbocycles. The van der Waals surface area contributed by atoms with E-state index in [1.165, 1.54) is 6.07 Å². The first-order valence-electron chi connectivity index (χ1n) is 8.11. The predicted molar refractivity (Wildman–Crippen MR) is 96.1 cm³/mol. The van der Waals surface area contributed by atoms with E-state index in [1.54, 1.807) is 19.2 Å². The van der Waals surface area contributed by atoms with Gasteiger partial charge >= 0.3 is 0 Å². The number of nitrogens with zero attached hydrogens (tertiary/aromatic N) is 3. The first-order chi connectivity index (χ1) is 12.2. The molecule has 0 saturated heterocycles. The summed E-state index contributed by atoms with van der Waals surface area (Å²) in [6, 6.07) is 15.1. The first kappa shape index (κ1) is 15.6. The van der Waals surface area contributed by atoms with E-state index in [1.807, 2.05) is 37.4 Å². The topological polar surface area (TPSA) is 49.6 Å². The monoisotopic (exact) mass is 332 g/mol. The molecule has 0 saturated carbocycles. The fraction of sp³-hybridized carbons (Fsp3) is 0.150. The molecule has 4 rings (SSSR count). The number of benzene rings is 2. The molecular formula is C20H17FN4. The quantitative estimate of drug-likeness (QED) is 0.718. The highest BCUT2D eigenvalue weighted by Crippen LogP contribution is 2.38. The van der Waals surface area contributed by atoms with Gasteiger partial charge in [0.2, 0.25) is 0 Å². The lowest BCUT2D eigenvalue weighted by molar-refractivity contribution is 0.619. The van der Waals surface area contributed by atoms with E-state index in [-0.39, 0.29) is 12.0 Å². The van der Waals surface area contributed by atoms with E-state index >= 15 is 0 Å². The number of pyridine rings is 1. The molecule has 0 spiro atoms. The molecule has 5 heteroatoms. The Balaban J connectivity index is 1.84. The van der Waals surface area contributed by atoms with Crippen LogP contribution in [0.25, 0.3) is 22.4 Å². The minimum Gasteiger partial charge on any atom is -0.293 e. The van der Waals surface area contributed by atoms with Crippen molar-refractivity contribution in [2.45, 2.75) is 13.1 Å². The lowest BCUT2D eigenvalue weighted by atomic mass is 9.96. The van der Waals surface area contributed by atoms with Gasteiger partial charge in [0.15, 0.2) is 0 Å². The van der Waals surface area contributed by atoms with Crippen LogP contribution in [0.2, 0.25) is 0 Å². The van der Waals surface area contributed by atoms with Crippen LogP contribution in [-0.2, 0) is 0 Å². The van der Waals surface area contributed by atoms with Gasteiger partial charge in [0.05, 0.1) is 11.4 Å². The summed E-state index contributed by atoms with van der Waals surface area (Å²) < 4.78 is 13.6. The average molecular weight is 332 g/mol. The number of fused-ring (bicyclic) bond motifs is 1. The summed E-state index contributed by atoms with van der Waals surface area (Å²) in [6.45, 7) is 1.76. The summed E-state index contributed by atoms with van der Waals surface area (Å²) in [7, 11) is 1.86. The minimum atomic E-state index is -0.209. The third-order valence-electron chi connectivity index (χ3n) is 4.43. The molecule has 124 valence electrons. The number of aromatic nitrogens is 1. The van der Waals surface area contributed by atoms with Crippen LogP contribution in [0.4, 0.5) is 10.1 Å².